The monoisotopic (exact) mass is 356 g/mol. The molecule has 25 heavy (non-hydrogen) atoms. The van der Waals surface area contributed by atoms with E-state index in [-0.39, 0.29) is 37.9 Å². The summed E-state index contributed by atoms with van der Waals surface area (Å²) in [7, 11) is 0. The van der Waals surface area contributed by atoms with Gasteiger partial charge in [0, 0.05) is 0 Å². The Morgan fingerprint density at radius 2 is 1.32 bits per heavy atom. The Bertz CT molecular complexity index is 634. The molecule has 0 bridgehead atoms. The highest BCUT2D eigenvalue weighted by atomic mass is 16.8. The molecule has 2 fully saturated rings. The second-order valence-corrected chi connectivity index (χ2v) is 4.96. The summed E-state index contributed by atoms with van der Waals surface area (Å²) in [5.41, 5.74) is 0. The molecule has 3 heterocycles. The Kier molecular flexibility index (Phi) is 4.73. The van der Waals surface area contributed by atoms with Gasteiger partial charge in [-0.05, 0) is 12.1 Å². The molecule has 11 heteroatoms. The molecular weight excluding hydrogens is 344 g/mol. The zero-order valence-electron chi connectivity index (χ0n) is 12.6. The van der Waals surface area contributed by atoms with Crippen LogP contribution < -0.4 is 0 Å². The molecule has 2 aliphatic rings. The van der Waals surface area contributed by atoms with Crippen molar-refractivity contribution in [3.63, 3.8) is 0 Å². The van der Waals surface area contributed by atoms with Crippen LogP contribution in [-0.4, -0.2) is 62.9 Å². The maximum Gasteiger partial charge on any atom is 0.508 e. The van der Waals surface area contributed by atoms with E-state index in [2.05, 4.69) is 9.47 Å². The predicted molar refractivity (Wildman–Crippen MR) is 71.7 cm³/mol. The molecule has 0 N–H and O–H groups in total. The maximum atomic E-state index is 11.8. The lowest BCUT2D eigenvalue weighted by Gasteiger charge is -2.07. The van der Waals surface area contributed by atoms with Gasteiger partial charge in [0.15, 0.2) is 12.2 Å². The first kappa shape index (κ1) is 16.6. The van der Waals surface area contributed by atoms with Crippen molar-refractivity contribution >= 4 is 24.2 Å². The molecule has 0 spiro atoms. The van der Waals surface area contributed by atoms with Crippen molar-refractivity contribution in [2.24, 2.45) is 0 Å². The lowest BCUT2D eigenvalue weighted by molar-refractivity contribution is 0.0235. The molecule has 1 aromatic heterocycles. The fraction of sp³-hybridized carbons (Fsp3) is 0.429. The largest absolute Gasteiger partial charge is 0.508 e. The smallest absolute Gasteiger partial charge is 0.456 e. The second kappa shape index (κ2) is 7.11. The van der Waals surface area contributed by atoms with Crippen LogP contribution in [0.3, 0.4) is 0 Å². The first-order valence-corrected chi connectivity index (χ1v) is 7.12. The van der Waals surface area contributed by atoms with E-state index in [1.807, 2.05) is 0 Å². The molecule has 0 saturated carbocycles. The van der Waals surface area contributed by atoms with Crippen LogP contribution in [0.4, 0.5) is 9.59 Å². The van der Waals surface area contributed by atoms with Gasteiger partial charge in [-0.2, -0.15) is 0 Å². The number of hydrogen-bond donors (Lipinski definition) is 0. The molecule has 2 unspecified atom stereocenters. The Balaban J connectivity index is 1.45. The molecule has 0 aliphatic carbocycles. The van der Waals surface area contributed by atoms with E-state index in [1.165, 1.54) is 12.1 Å². The number of rotatable bonds is 6. The molecule has 2 atom stereocenters. The summed E-state index contributed by atoms with van der Waals surface area (Å²) in [5, 5.41) is 0. The Hall–Kier alpha value is -3.24. The average molecular weight is 356 g/mol. The fourth-order valence-electron chi connectivity index (χ4n) is 1.93. The topological polar surface area (TPSA) is 137 Å². The third kappa shape index (κ3) is 4.19. The van der Waals surface area contributed by atoms with E-state index < -0.39 is 36.5 Å². The molecule has 11 nitrogen and oxygen atoms in total. The van der Waals surface area contributed by atoms with Crippen molar-refractivity contribution in [2.75, 3.05) is 26.4 Å². The van der Waals surface area contributed by atoms with Gasteiger partial charge in [0.05, 0.1) is 0 Å². The van der Waals surface area contributed by atoms with Gasteiger partial charge in [-0.15, -0.1) is 0 Å². The van der Waals surface area contributed by atoms with Crippen molar-refractivity contribution in [2.45, 2.75) is 12.2 Å². The fourth-order valence-corrected chi connectivity index (χ4v) is 1.93. The third-order valence-corrected chi connectivity index (χ3v) is 3.11. The second-order valence-electron chi connectivity index (χ2n) is 4.96. The number of esters is 2. The van der Waals surface area contributed by atoms with Crippen LogP contribution in [0.2, 0.25) is 0 Å². The van der Waals surface area contributed by atoms with Gasteiger partial charge in [-0.25, -0.2) is 19.2 Å². The molecule has 0 radical (unpaired) electrons. The number of cyclic esters (lactones) is 4. The van der Waals surface area contributed by atoms with Gasteiger partial charge in [-0.1, -0.05) is 0 Å². The van der Waals surface area contributed by atoms with Crippen molar-refractivity contribution < 1.29 is 52.0 Å². The van der Waals surface area contributed by atoms with Crippen LogP contribution in [-0.2, 0) is 28.4 Å². The third-order valence-electron chi connectivity index (χ3n) is 3.11. The number of carbonyl (C=O) groups excluding carboxylic acids is 4. The SMILES string of the molecule is O=C1OCC(COC(=O)c2ccc(C(=O)OCC3COC(=O)O3)o2)O1. The minimum Gasteiger partial charge on any atom is -0.456 e. The predicted octanol–water partition coefficient (Wildman–Crippen LogP) is 0.664. The zero-order chi connectivity index (χ0) is 17.8. The van der Waals surface area contributed by atoms with Gasteiger partial charge >= 0.3 is 24.2 Å². The van der Waals surface area contributed by atoms with Crippen LogP contribution >= 0.6 is 0 Å². The Labute approximate surface area is 139 Å². The lowest BCUT2D eigenvalue weighted by atomic mass is 10.4. The van der Waals surface area contributed by atoms with E-state index in [0.29, 0.717) is 0 Å². The summed E-state index contributed by atoms with van der Waals surface area (Å²) in [5.74, 6) is -2.15. The molecule has 134 valence electrons. The minimum absolute atomic E-state index is 0.0166. The first-order valence-electron chi connectivity index (χ1n) is 7.12. The summed E-state index contributed by atoms with van der Waals surface area (Å²) >= 11 is 0. The van der Waals surface area contributed by atoms with Gasteiger partial charge in [0.25, 0.3) is 0 Å². The summed E-state index contributed by atoms with van der Waals surface area (Å²) in [4.78, 5) is 45.1. The first-order chi connectivity index (χ1) is 12.0. The van der Waals surface area contributed by atoms with E-state index in [9.17, 15) is 19.2 Å². The van der Waals surface area contributed by atoms with Gasteiger partial charge in [0.2, 0.25) is 11.5 Å². The number of furan rings is 1. The Morgan fingerprint density at radius 3 is 1.68 bits per heavy atom. The Morgan fingerprint density at radius 1 is 0.880 bits per heavy atom. The summed E-state index contributed by atoms with van der Waals surface area (Å²) in [6.45, 7) is -0.454. The van der Waals surface area contributed by atoms with Crippen LogP contribution in [0, 0.1) is 0 Å². The van der Waals surface area contributed by atoms with Crippen LogP contribution in [0.5, 0.6) is 0 Å². The minimum atomic E-state index is -0.847. The summed E-state index contributed by atoms with van der Waals surface area (Å²) < 4.78 is 33.3. The van der Waals surface area contributed by atoms with Crippen molar-refractivity contribution in [1.82, 2.24) is 0 Å². The van der Waals surface area contributed by atoms with Crippen LogP contribution in [0.15, 0.2) is 16.5 Å². The van der Waals surface area contributed by atoms with Crippen molar-refractivity contribution in [3.8, 4) is 0 Å². The summed E-state index contributed by atoms with van der Waals surface area (Å²) in [6, 6.07) is 2.46. The molecule has 3 rings (SSSR count). The standard InChI is InChI=1S/C14H12O11/c15-11(19-3-7-5-21-13(17)23-7)9-1-2-10(25-9)12(16)20-4-8-6-22-14(18)24-8/h1-2,7-8H,3-6H2. The quantitative estimate of drug-likeness (QED) is 0.525. The molecular formula is C14H12O11. The van der Waals surface area contributed by atoms with Crippen molar-refractivity contribution in [3.05, 3.63) is 23.7 Å². The van der Waals surface area contributed by atoms with Gasteiger partial charge < -0.3 is 32.8 Å². The zero-order valence-corrected chi connectivity index (χ0v) is 12.6. The molecule has 0 aromatic carbocycles. The highest BCUT2D eigenvalue weighted by Crippen LogP contribution is 2.14. The number of hydrogen-bond acceptors (Lipinski definition) is 11. The summed E-state index contributed by atoms with van der Waals surface area (Å²) in [6.07, 6.45) is -3.04. The van der Waals surface area contributed by atoms with Crippen LogP contribution in [0.25, 0.3) is 0 Å². The number of ether oxygens (including phenoxy) is 6. The van der Waals surface area contributed by atoms with Gasteiger partial charge in [0.1, 0.15) is 26.4 Å². The molecule has 2 aliphatic heterocycles. The maximum absolute atomic E-state index is 11.8. The van der Waals surface area contributed by atoms with Crippen LogP contribution in [0.1, 0.15) is 21.1 Å². The van der Waals surface area contributed by atoms with E-state index >= 15 is 0 Å². The normalized spacial score (nSPS) is 21.8. The van der Waals surface area contributed by atoms with E-state index in [1.54, 1.807) is 0 Å². The number of carbonyl (C=O) groups is 4. The molecule has 1 aromatic rings. The molecule has 0 amide bonds. The van der Waals surface area contributed by atoms with E-state index in [0.717, 1.165) is 0 Å². The van der Waals surface area contributed by atoms with Gasteiger partial charge in [-0.3, -0.25) is 0 Å². The highest BCUT2D eigenvalue weighted by molar-refractivity contribution is 5.90. The lowest BCUT2D eigenvalue weighted by Crippen LogP contribution is -2.21. The van der Waals surface area contributed by atoms with Crippen molar-refractivity contribution in [1.29, 1.82) is 0 Å². The van der Waals surface area contributed by atoms with E-state index in [4.69, 9.17) is 23.4 Å². The highest BCUT2D eigenvalue weighted by Gasteiger charge is 2.28. The molecule has 2 saturated heterocycles. The average Bonchev–Trinajstić information content (AvgIpc) is 3.31.